The molecule has 0 aliphatic carbocycles. The van der Waals surface area contributed by atoms with Crippen molar-refractivity contribution in [3.8, 4) is 11.1 Å². The largest absolute Gasteiger partial charge is 0.416 e. The summed E-state index contributed by atoms with van der Waals surface area (Å²) in [6.07, 6.45) is -4.75. The Morgan fingerprint density at radius 2 is 1.65 bits per heavy atom. The summed E-state index contributed by atoms with van der Waals surface area (Å²) in [5.41, 5.74) is 3.37. The first-order valence-corrected chi connectivity index (χ1v) is 5.56. The zero-order chi connectivity index (χ0) is 14.9. The number of benzene rings is 2. The standard InChI is InChI=1S/C14H9F4NO/c15-11-7-9(14(16,17)18)6-10(13(19)20)12(11)8-4-2-1-3-5-8/h1-7H,(H2,19,20). The predicted molar refractivity (Wildman–Crippen MR) is 65.4 cm³/mol. The number of hydrogen-bond donors (Lipinski definition) is 1. The number of primary amides is 1. The highest BCUT2D eigenvalue weighted by Crippen LogP contribution is 2.35. The summed E-state index contributed by atoms with van der Waals surface area (Å²) in [4.78, 5) is 11.3. The van der Waals surface area contributed by atoms with Gasteiger partial charge in [0.25, 0.3) is 0 Å². The van der Waals surface area contributed by atoms with Gasteiger partial charge < -0.3 is 5.73 Å². The molecule has 20 heavy (non-hydrogen) atoms. The molecule has 2 N–H and O–H groups in total. The fraction of sp³-hybridized carbons (Fsp3) is 0.0714. The molecule has 0 aromatic heterocycles. The molecule has 2 aromatic rings. The molecule has 2 nitrogen and oxygen atoms in total. The zero-order valence-electron chi connectivity index (χ0n) is 10.0. The van der Waals surface area contributed by atoms with E-state index in [-0.39, 0.29) is 11.1 Å². The van der Waals surface area contributed by atoms with Gasteiger partial charge in [-0.15, -0.1) is 0 Å². The summed E-state index contributed by atoms with van der Waals surface area (Å²) in [7, 11) is 0. The second-order valence-electron chi connectivity index (χ2n) is 4.11. The lowest BCUT2D eigenvalue weighted by atomic mass is 9.96. The highest BCUT2D eigenvalue weighted by molar-refractivity contribution is 6.00. The second-order valence-corrected chi connectivity index (χ2v) is 4.11. The van der Waals surface area contributed by atoms with Gasteiger partial charge in [0, 0.05) is 5.56 Å². The van der Waals surface area contributed by atoms with E-state index in [9.17, 15) is 22.4 Å². The average Bonchev–Trinajstić information content (AvgIpc) is 2.37. The molecule has 0 fully saturated rings. The van der Waals surface area contributed by atoms with Crippen molar-refractivity contribution in [2.75, 3.05) is 0 Å². The van der Waals surface area contributed by atoms with Gasteiger partial charge in [-0.3, -0.25) is 4.79 Å². The average molecular weight is 283 g/mol. The van der Waals surface area contributed by atoms with Crippen LogP contribution in [0, 0.1) is 5.82 Å². The smallest absolute Gasteiger partial charge is 0.366 e. The Bertz CT molecular complexity index is 650. The normalized spacial score (nSPS) is 11.4. The minimum atomic E-state index is -4.75. The Morgan fingerprint density at radius 3 is 2.15 bits per heavy atom. The number of hydrogen-bond acceptors (Lipinski definition) is 1. The first-order chi connectivity index (χ1) is 9.30. The predicted octanol–water partition coefficient (Wildman–Crippen LogP) is 3.61. The van der Waals surface area contributed by atoms with Crippen molar-refractivity contribution in [1.29, 1.82) is 0 Å². The molecule has 0 unspecified atom stereocenters. The van der Waals surface area contributed by atoms with Gasteiger partial charge in [0.2, 0.25) is 5.91 Å². The van der Waals surface area contributed by atoms with Crippen LogP contribution in [0.3, 0.4) is 0 Å². The summed E-state index contributed by atoms with van der Waals surface area (Å²) in [6, 6.07) is 8.71. The zero-order valence-corrected chi connectivity index (χ0v) is 10.0. The van der Waals surface area contributed by atoms with Crippen LogP contribution in [-0.4, -0.2) is 5.91 Å². The molecule has 2 aromatic carbocycles. The van der Waals surface area contributed by atoms with Gasteiger partial charge >= 0.3 is 6.18 Å². The Balaban J connectivity index is 2.73. The summed E-state index contributed by atoms with van der Waals surface area (Å²) in [6.45, 7) is 0. The van der Waals surface area contributed by atoms with Crippen LogP contribution in [0.4, 0.5) is 17.6 Å². The van der Waals surface area contributed by atoms with Gasteiger partial charge in [0.15, 0.2) is 0 Å². The fourth-order valence-corrected chi connectivity index (χ4v) is 1.86. The van der Waals surface area contributed by atoms with Gasteiger partial charge in [-0.05, 0) is 17.7 Å². The first kappa shape index (κ1) is 14.0. The molecule has 0 atom stereocenters. The van der Waals surface area contributed by atoms with Crippen LogP contribution >= 0.6 is 0 Å². The van der Waals surface area contributed by atoms with Crippen LogP contribution in [0.2, 0.25) is 0 Å². The summed E-state index contributed by atoms with van der Waals surface area (Å²) in [5.74, 6) is -2.26. The van der Waals surface area contributed by atoms with Crippen LogP contribution in [0.1, 0.15) is 15.9 Å². The van der Waals surface area contributed by atoms with Crippen molar-refractivity contribution in [3.63, 3.8) is 0 Å². The summed E-state index contributed by atoms with van der Waals surface area (Å²) < 4.78 is 51.9. The topological polar surface area (TPSA) is 43.1 Å². The van der Waals surface area contributed by atoms with E-state index in [1.807, 2.05) is 0 Å². The van der Waals surface area contributed by atoms with Crippen LogP contribution in [0.25, 0.3) is 11.1 Å². The van der Waals surface area contributed by atoms with E-state index in [2.05, 4.69) is 0 Å². The van der Waals surface area contributed by atoms with E-state index in [0.717, 1.165) is 0 Å². The van der Waals surface area contributed by atoms with Crippen LogP contribution in [0.5, 0.6) is 0 Å². The Morgan fingerprint density at radius 1 is 1.05 bits per heavy atom. The maximum atomic E-state index is 14.0. The third kappa shape index (κ3) is 2.64. The second kappa shape index (κ2) is 4.96. The van der Waals surface area contributed by atoms with Crippen LogP contribution < -0.4 is 5.73 Å². The quantitative estimate of drug-likeness (QED) is 0.841. The minimum absolute atomic E-state index is 0.230. The summed E-state index contributed by atoms with van der Waals surface area (Å²) >= 11 is 0. The van der Waals surface area contributed by atoms with Crippen molar-refractivity contribution in [1.82, 2.24) is 0 Å². The molecule has 1 amide bonds. The third-order valence-electron chi connectivity index (χ3n) is 2.75. The van der Waals surface area contributed by atoms with E-state index in [4.69, 9.17) is 5.73 Å². The van der Waals surface area contributed by atoms with E-state index in [1.54, 1.807) is 18.2 Å². The minimum Gasteiger partial charge on any atom is -0.366 e. The van der Waals surface area contributed by atoms with E-state index < -0.39 is 29.0 Å². The maximum absolute atomic E-state index is 14.0. The van der Waals surface area contributed by atoms with Crippen LogP contribution in [-0.2, 0) is 6.18 Å². The van der Waals surface area contributed by atoms with Crippen molar-refractivity contribution in [2.24, 2.45) is 5.73 Å². The van der Waals surface area contributed by atoms with Gasteiger partial charge in [0.1, 0.15) is 5.82 Å². The number of nitrogens with two attached hydrogens (primary N) is 1. The lowest BCUT2D eigenvalue weighted by Crippen LogP contribution is -2.16. The monoisotopic (exact) mass is 283 g/mol. The molecule has 0 spiro atoms. The highest BCUT2D eigenvalue weighted by atomic mass is 19.4. The molecule has 0 saturated carbocycles. The number of rotatable bonds is 2. The molecule has 0 heterocycles. The number of amides is 1. The first-order valence-electron chi connectivity index (χ1n) is 5.56. The van der Waals surface area contributed by atoms with E-state index >= 15 is 0 Å². The van der Waals surface area contributed by atoms with Gasteiger partial charge in [-0.2, -0.15) is 13.2 Å². The number of alkyl halides is 3. The lowest BCUT2D eigenvalue weighted by Gasteiger charge is -2.13. The number of carbonyl (C=O) groups excluding carboxylic acids is 1. The molecule has 0 aliphatic heterocycles. The summed E-state index contributed by atoms with van der Waals surface area (Å²) in [5, 5.41) is 0. The Hall–Kier alpha value is -2.37. The Labute approximate surface area is 111 Å². The van der Waals surface area contributed by atoms with Gasteiger partial charge in [-0.25, -0.2) is 4.39 Å². The highest BCUT2D eigenvalue weighted by Gasteiger charge is 2.33. The van der Waals surface area contributed by atoms with E-state index in [1.165, 1.54) is 12.1 Å². The molecule has 104 valence electrons. The molecular formula is C14H9F4NO. The van der Waals surface area contributed by atoms with Gasteiger partial charge in [0.05, 0.1) is 11.1 Å². The fourth-order valence-electron chi connectivity index (χ4n) is 1.86. The SMILES string of the molecule is NC(=O)c1cc(C(F)(F)F)cc(F)c1-c1ccccc1. The maximum Gasteiger partial charge on any atom is 0.416 e. The molecule has 0 saturated heterocycles. The Kier molecular flexibility index (Phi) is 3.48. The number of halogens is 4. The molecule has 0 aliphatic rings. The number of carbonyl (C=O) groups is 1. The molecule has 0 radical (unpaired) electrons. The molecular weight excluding hydrogens is 274 g/mol. The van der Waals surface area contributed by atoms with E-state index in [0.29, 0.717) is 12.1 Å². The molecule has 0 bridgehead atoms. The third-order valence-corrected chi connectivity index (χ3v) is 2.75. The van der Waals surface area contributed by atoms with Gasteiger partial charge in [-0.1, -0.05) is 30.3 Å². The lowest BCUT2D eigenvalue weighted by molar-refractivity contribution is -0.137. The molecule has 2 rings (SSSR count). The van der Waals surface area contributed by atoms with Crippen molar-refractivity contribution in [3.05, 3.63) is 59.4 Å². The molecule has 6 heteroatoms. The van der Waals surface area contributed by atoms with Crippen molar-refractivity contribution in [2.45, 2.75) is 6.18 Å². The van der Waals surface area contributed by atoms with Crippen LogP contribution in [0.15, 0.2) is 42.5 Å². The van der Waals surface area contributed by atoms with Crippen molar-refractivity contribution < 1.29 is 22.4 Å². The van der Waals surface area contributed by atoms with Crippen molar-refractivity contribution >= 4 is 5.91 Å².